The summed E-state index contributed by atoms with van der Waals surface area (Å²) in [6.07, 6.45) is 1.91. The van der Waals surface area contributed by atoms with Crippen molar-refractivity contribution < 1.29 is 4.74 Å². The predicted octanol–water partition coefficient (Wildman–Crippen LogP) is 7.10. The van der Waals surface area contributed by atoms with Crippen molar-refractivity contribution >= 4 is 21.5 Å². The summed E-state index contributed by atoms with van der Waals surface area (Å²) in [6.45, 7) is 11.5. The Morgan fingerprint density at radius 1 is 0.786 bits per heavy atom. The molecule has 0 fully saturated rings. The van der Waals surface area contributed by atoms with Gasteiger partial charge in [-0.2, -0.15) is 0 Å². The Morgan fingerprint density at radius 2 is 1.46 bits per heavy atom. The van der Waals surface area contributed by atoms with E-state index in [1.165, 1.54) is 32.8 Å². The van der Waals surface area contributed by atoms with Crippen molar-refractivity contribution in [3.63, 3.8) is 0 Å². The largest absolute Gasteiger partial charge is 0.492 e. The van der Waals surface area contributed by atoms with E-state index in [2.05, 4.69) is 89.2 Å². The molecule has 2 nitrogen and oxygen atoms in total. The van der Waals surface area contributed by atoms with E-state index in [0.717, 1.165) is 16.8 Å². The van der Waals surface area contributed by atoms with Crippen LogP contribution >= 0.6 is 0 Å². The van der Waals surface area contributed by atoms with Crippen molar-refractivity contribution in [2.45, 2.75) is 34.6 Å². The number of fused-ring (bicyclic) bond motifs is 3. The van der Waals surface area contributed by atoms with Crippen molar-refractivity contribution in [2.75, 3.05) is 6.61 Å². The summed E-state index contributed by atoms with van der Waals surface area (Å²) in [5, 5.41) is 4.74. The number of aryl methyl sites for hydroxylation is 2. The van der Waals surface area contributed by atoms with Crippen LogP contribution in [-0.2, 0) is 0 Å². The van der Waals surface area contributed by atoms with Gasteiger partial charge in [0.05, 0.1) is 12.3 Å². The van der Waals surface area contributed by atoms with Gasteiger partial charge in [0.1, 0.15) is 5.75 Å². The topological polar surface area (TPSA) is 22.1 Å². The molecule has 0 radical (unpaired) electrons. The number of aromatic nitrogens is 1. The van der Waals surface area contributed by atoms with E-state index in [0.29, 0.717) is 6.61 Å². The highest BCUT2D eigenvalue weighted by Gasteiger charge is 2.14. The van der Waals surface area contributed by atoms with Gasteiger partial charge >= 0.3 is 0 Å². The molecule has 0 unspecified atom stereocenters. The Morgan fingerprint density at radius 3 is 2.18 bits per heavy atom. The van der Waals surface area contributed by atoms with Gasteiger partial charge in [-0.3, -0.25) is 4.98 Å². The minimum atomic E-state index is 0.124. The summed E-state index contributed by atoms with van der Waals surface area (Å²) < 4.78 is 6.16. The molecular formula is C26H27NO. The van der Waals surface area contributed by atoms with Crippen LogP contribution in [0.3, 0.4) is 0 Å². The molecule has 0 atom stereocenters. The van der Waals surface area contributed by atoms with Crippen LogP contribution in [0.15, 0.2) is 60.8 Å². The second-order valence-corrected chi connectivity index (χ2v) is 8.90. The molecule has 3 aromatic carbocycles. The molecule has 2 heteroatoms. The summed E-state index contributed by atoms with van der Waals surface area (Å²) in [7, 11) is 0. The molecule has 0 saturated carbocycles. The Bertz CT molecular complexity index is 1150. The maximum atomic E-state index is 6.16. The lowest BCUT2D eigenvalue weighted by Crippen LogP contribution is -2.16. The number of ether oxygens (including phenoxy) is 1. The highest BCUT2D eigenvalue weighted by Crippen LogP contribution is 2.36. The third-order valence-electron chi connectivity index (χ3n) is 4.92. The fourth-order valence-electron chi connectivity index (χ4n) is 3.76. The molecule has 28 heavy (non-hydrogen) atoms. The van der Waals surface area contributed by atoms with Crippen molar-refractivity contribution in [3.05, 3.63) is 71.9 Å². The van der Waals surface area contributed by atoms with Crippen LogP contribution in [-0.4, -0.2) is 11.6 Å². The lowest BCUT2D eigenvalue weighted by atomic mass is 9.96. The zero-order valence-corrected chi connectivity index (χ0v) is 17.3. The van der Waals surface area contributed by atoms with Gasteiger partial charge in [0.25, 0.3) is 0 Å². The number of hydrogen-bond acceptors (Lipinski definition) is 2. The van der Waals surface area contributed by atoms with Gasteiger partial charge < -0.3 is 4.74 Å². The second kappa shape index (κ2) is 6.94. The molecule has 0 aliphatic heterocycles. The SMILES string of the molecule is Cc1cc(C)cc(-c2nccc3c2ccc2c(OCC(C)(C)C)cccc23)c1. The van der Waals surface area contributed by atoms with Crippen LogP contribution in [0.4, 0.5) is 0 Å². The van der Waals surface area contributed by atoms with E-state index in [1.807, 2.05) is 6.20 Å². The molecule has 1 aromatic heterocycles. The molecule has 4 rings (SSSR count). The molecule has 0 N–H and O–H groups in total. The van der Waals surface area contributed by atoms with E-state index >= 15 is 0 Å². The van der Waals surface area contributed by atoms with E-state index in [-0.39, 0.29) is 5.41 Å². The molecule has 0 aliphatic carbocycles. The summed E-state index contributed by atoms with van der Waals surface area (Å²) in [4.78, 5) is 4.73. The normalized spacial score (nSPS) is 11.9. The van der Waals surface area contributed by atoms with E-state index in [9.17, 15) is 0 Å². The van der Waals surface area contributed by atoms with Gasteiger partial charge in [-0.25, -0.2) is 0 Å². The first-order valence-corrected chi connectivity index (χ1v) is 9.84. The third kappa shape index (κ3) is 3.60. The highest BCUT2D eigenvalue weighted by molar-refractivity contribution is 6.12. The monoisotopic (exact) mass is 369 g/mol. The van der Waals surface area contributed by atoms with Crippen LogP contribution < -0.4 is 4.74 Å². The minimum absolute atomic E-state index is 0.124. The average molecular weight is 370 g/mol. The van der Waals surface area contributed by atoms with Gasteiger partial charge in [0, 0.05) is 22.5 Å². The van der Waals surface area contributed by atoms with Gasteiger partial charge in [-0.05, 0) is 60.4 Å². The molecule has 1 heterocycles. The molecule has 0 spiro atoms. The predicted molar refractivity (Wildman–Crippen MR) is 119 cm³/mol. The van der Waals surface area contributed by atoms with Crippen molar-refractivity contribution in [1.82, 2.24) is 4.98 Å². The summed E-state index contributed by atoms with van der Waals surface area (Å²) in [5.41, 5.74) is 4.84. The lowest BCUT2D eigenvalue weighted by Gasteiger charge is -2.20. The first-order valence-electron chi connectivity index (χ1n) is 9.84. The zero-order valence-electron chi connectivity index (χ0n) is 17.3. The van der Waals surface area contributed by atoms with Crippen LogP contribution in [0.5, 0.6) is 5.75 Å². The number of nitrogens with zero attached hydrogens (tertiary/aromatic N) is 1. The average Bonchev–Trinajstić information content (AvgIpc) is 2.64. The number of benzene rings is 3. The van der Waals surface area contributed by atoms with Crippen LogP contribution in [0.1, 0.15) is 31.9 Å². The standard InChI is InChI=1S/C26H27NO/c1-17-13-18(2)15-19(14-17)25-23-10-9-22-20(21(23)11-12-27-25)7-6-8-24(22)28-16-26(3,4)5/h6-15H,16H2,1-5H3. The summed E-state index contributed by atoms with van der Waals surface area (Å²) in [6, 6.07) is 19.4. The minimum Gasteiger partial charge on any atom is -0.492 e. The van der Waals surface area contributed by atoms with Crippen LogP contribution in [0, 0.1) is 19.3 Å². The molecule has 0 bridgehead atoms. The first-order chi connectivity index (χ1) is 13.3. The molecular weight excluding hydrogens is 342 g/mol. The first kappa shape index (κ1) is 18.5. The maximum absolute atomic E-state index is 6.16. The quantitative estimate of drug-likeness (QED) is 0.359. The number of pyridine rings is 1. The van der Waals surface area contributed by atoms with Gasteiger partial charge in [-0.15, -0.1) is 0 Å². The van der Waals surface area contributed by atoms with Gasteiger partial charge in [0.15, 0.2) is 0 Å². The Labute approximate surface area is 167 Å². The lowest BCUT2D eigenvalue weighted by molar-refractivity contribution is 0.200. The maximum Gasteiger partial charge on any atom is 0.127 e. The van der Waals surface area contributed by atoms with Crippen LogP contribution in [0.2, 0.25) is 0 Å². The summed E-state index contributed by atoms with van der Waals surface area (Å²) >= 11 is 0. The third-order valence-corrected chi connectivity index (χ3v) is 4.92. The zero-order chi connectivity index (χ0) is 19.9. The molecule has 142 valence electrons. The van der Waals surface area contributed by atoms with E-state index < -0.39 is 0 Å². The smallest absolute Gasteiger partial charge is 0.127 e. The van der Waals surface area contributed by atoms with Gasteiger partial charge in [-0.1, -0.05) is 56.2 Å². The molecule has 0 aliphatic rings. The van der Waals surface area contributed by atoms with Crippen LogP contribution in [0.25, 0.3) is 32.8 Å². The summed E-state index contributed by atoms with van der Waals surface area (Å²) in [5.74, 6) is 0.944. The molecule has 0 amide bonds. The second-order valence-electron chi connectivity index (χ2n) is 8.90. The fraction of sp³-hybridized carbons (Fsp3) is 0.269. The van der Waals surface area contributed by atoms with E-state index in [4.69, 9.17) is 9.72 Å². The molecule has 0 saturated heterocycles. The van der Waals surface area contributed by atoms with Crippen molar-refractivity contribution in [1.29, 1.82) is 0 Å². The van der Waals surface area contributed by atoms with Crippen molar-refractivity contribution in [2.24, 2.45) is 5.41 Å². The number of hydrogen-bond donors (Lipinski definition) is 0. The fourth-order valence-corrected chi connectivity index (χ4v) is 3.76. The van der Waals surface area contributed by atoms with Gasteiger partial charge in [0.2, 0.25) is 0 Å². The van der Waals surface area contributed by atoms with Crippen molar-refractivity contribution in [3.8, 4) is 17.0 Å². The Kier molecular flexibility index (Phi) is 4.58. The Balaban J connectivity index is 1.90. The highest BCUT2D eigenvalue weighted by atomic mass is 16.5. The van der Waals surface area contributed by atoms with E-state index in [1.54, 1.807) is 0 Å². The molecule has 4 aromatic rings. The number of rotatable bonds is 3. The Hall–Kier alpha value is -2.87.